The van der Waals surface area contributed by atoms with Crippen LogP contribution in [-0.2, 0) is 28.7 Å². The van der Waals surface area contributed by atoms with Gasteiger partial charge in [0, 0.05) is 17.2 Å². The topological polar surface area (TPSA) is 146 Å². The van der Waals surface area contributed by atoms with Crippen molar-refractivity contribution in [2.24, 2.45) is 5.92 Å². The standard InChI is InChI=1S/C37H46O10/c1-4-5-6-7-27-8-10-28(11-9-27)29-12-14-30(15-13-29)31-22-32(44-16-18-46-36(42)25(2)20-34(38)39)24-33(23-31)45-17-19-47-37(43)26(3)21-35(40)41/h12-15,22-24,27-28H,2-11,16-21H2,1H3,(H,38,39)(H,40,41). The zero-order valence-electron chi connectivity index (χ0n) is 27.2. The summed E-state index contributed by atoms with van der Waals surface area (Å²) in [6.07, 6.45) is 9.20. The molecule has 0 bridgehead atoms. The summed E-state index contributed by atoms with van der Waals surface area (Å²) in [6.45, 7) is 8.87. The molecule has 1 fully saturated rings. The average molecular weight is 651 g/mol. The molecule has 0 saturated heterocycles. The Morgan fingerprint density at radius 3 is 1.68 bits per heavy atom. The molecular weight excluding hydrogens is 604 g/mol. The molecule has 47 heavy (non-hydrogen) atoms. The van der Waals surface area contributed by atoms with E-state index in [4.69, 9.17) is 29.2 Å². The van der Waals surface area contributed by atoms with Crippen LogP contribution in [0.4, 0.5) is 0 Å². The molecule has 0 aliphatic heterocycles. The number of carbonyl (C=O) groups excluding carboxylic acids is 2. The van der Waals surface area contributed by atoms with Gasteiger partial charge in [0.1, 0.15) is 37.9 Å². The highest BCUT2D eigenvalue weighted by Gasteiger charge is 2.22. The van der Waals surface area contributed by atoms with Crippen LogP contribution in [0.5, 0.6) is 11.5 Å². The Labute approximate surface area is 276 Å². The van der Waals surface area contributed by atoms with Crippen LogP contribution < -0.4 is 9.47 Å². The molecule has 0 aromatic heterocycles. The molecule has 3 rings (SSSR count). The van der Waals surface area contributed by atoms with E-state index in [1.807, 2.05) is 12.1 Å². The van der Waals surface area contributed by atoms with E-state index in [9.17, 15) is 19.2 Å². The summed E-state index contributed by atoms with van der Waals surface area (Å²) in [6, 6.07) is 13.8. The SMILES string of the molecule is C=C(CC(=O)O)C(=O)OCCOc1cc(OCCOC(=O)C(=C)CC(=O)O)cc(-c2ccc(C3CCC(CCCCC)CC3)cc2)c1. The van der Waals surface area contributed by atoms with Crippen molar-refractivity contribution in [3.63, 3.8) is 0 Å². The first-order valence-corrected chi connectivity index (χ1v) is 16.2. The van der Waals surface area contributed by atoms with Crippen LogP contribution in [0, 0.1) is 5.92 Å². The van der Waals surface area contributed by atoms with Crippen LogP contribution >= 0.6 is 0 Å². The number of rotatable bonds is 20. The fraction of sp³-hybridized carbons (Fsp3) is 0.459. The molecule has 254 valence electrons. The van der Waals surface area contributed by atoms with E-state index >= 15 is 0 Å². The third kappa shape index (κ3) is 13.0. The largest absolute Gasteiger partial charge is 0.490 e. The maximum atomic E-state index is 12.0. The Balaban J connectivity index is 1.64. The number of aliphatic carboxylic acids is 2. The van der Waals surface area contributed by atoms with E-state index in [1.165, 1.54) is 56.9 Å². The molecule has 1 saturated carbocycles. The van der Waals surface area contributed by atoms with Crippen LogP contribution in [0.1, 0.15) is 82.6 Å². The van der Waals surface area contributed by atoms with E-state index in [0.717, 1.165) is 17.0 Å². The Morgan fingerprint density at radius 2 is 1.21 bits per heavy atom. The molecular formula is C37H46O10. The number of unbranched alkanes of at least 4 members (excludes halogenated alkanes) is 2. The van der Waals surface area contributed by atoms with Crippen molar-refractivity contribution in [3.05, 3.63) is 72.3 Å². The highest BCUT2D eigenvalue weighted by atomic mass is 16.6. The Hall–Kier alpha value is -4.60. The quantitative estimate of drug-likeness (QED) is 0.0863. The molecule has 10 heteroatoms. The lowest BCUT2D eigenvalue weighted by Crippen LogP contribution is -2.15. The van der Waals surface area contributed by atoms with Gasteiger partial charge in [-0.05, 0) is 66.3 Å². The van der Waals surface area contributed by atoms with Crippen LogP contribution in [0.15, 0.2) is 66.8 Å². The summed E-state index contributed by atoms with van der Waals surface area (Å²) in [7, 11) is 0. The van der Waals surface area contributed by atoms with Gasteiger partial charge in [-0.2, -0.15) is 0 Å². The molecule has 1 aliphatic carbocycles. The summed E-state index contributed by atoms with van der Waals surface area (Å²) < 4.78 is 21.8. The summed E-state index contributed by atoms with van der Waals surface area (Å²) in [5, 5.41) is 17.7. The first-order chi connectivity index (χ1) is 22.5. The van der Waals surface area contributed by atoms with Gasteiger partial charge in [0.2, 0.25) is 0 Å². The third-order valence-corrected chi connectivity index (χ3v) is 8.14. The summed E-state index contributed by atoms with van der Waals surface area (Å²) >= 11 is 0. The first kappa shape index (κ1) is 36.9. The van der Waals surface area contributed by atoms with Crippen molar-refractivity contribution in [3.8, 4) is 22.6 Å². The molecule has 0 radical (unpaired) electrons. The monoisotopic (exact) mass is 650 g/mol. The van der Waals surface area contributed by atoms with Gasteiger partial charge >= 0.3 is 23.9 Å². The number of carbonyl (C=O) groups is 4. The number of hydrogen-bond acceptors (Lipinski definition) is 8. The zero-order chi connectivity index (χ0) is 34.2. The summed E-state index contributed by atoms with van der Waals surface area (Å²) in [5.74, 6) is -1.68. The Morgan fingerprint density at radius 1 is 0.702 bits per heavy atom. The highest BCUT2D eigenvalue weighted by molar-refractivity contribution is 5.93. The van der Waals surface area contributed by atoms with Gasteiger partial charge in [0.05, 0.1) is 12.8 Å². The zero-order valence-corrected chi connectivity index (χ0v) is 27.2. The van der Waals surface area contributed by atoms with Gasteiger partial charge in [-0.1, -0.05) is 70.0 Å². The molecule has 1 aliphatic rings. The van der Waals surface area contributed by atoms with Crippen molar-refractivity contribution in [1.82, 2.24) is 0 Å². The first-order valence-electron chi connectivity index (χ1n) is 16.2. The summed E-state index contributed by atoms with van der Waals surface area (Å²) in [4.78, 5) is 45.5. The minimum absolute atomic E-state index is 0.00164. The minimum atomic E-state index is -1.18. The molecule has 0 heterocycles. The number of hydrogen-bond donors (Lipinski definition) is 2. The molecule has 0 atom stereocenters. The molecule has 2 aromatic rings. The van der Waals surface area contributed by atoms with Crippen molar-refractivity contribution in [1.29, 1.82) is 0 Å². The average Bonchev–Trinajstić information content (AvgIpc) is 3.04. The molecule has 0 unspecified atom stereocenters. The van der Waals surface area contributed by atoms with Gasteiger partial charge in [-0.25, -0.2) is 9.59 Å². The molecule has 10 nitrogen and oxygen atoms in total. The van der Waals surface area contributed by atoms with Crippen molar-refractivity contribution in [2.75, 3.05) is 26.4 Å². The second-order valence-corrected chi connectivity index (χ2v) is 11.8. The lowest BCUT2D eigenvalue weighted by molar-refractivity contribution is -0.143. The van der Waals surface area contributed by atoms with Gasteiger partial charge < -0.3 is 29.2 Å². The molecule has 2 aromatic carbocycles. The van der Waals surface area contributed by atoms with E-state index in [1.54, 1.807) is 6.07 Å². The maximum absolute atomic E-state index is 12.0. The lowest BCUT2D eigenvalue weighted by Gasteiger charge is -2.29. The van der Waals surface area contributed by atoms with E-state index in [2.05, 4.69) is 44.3 Å². The van der Waals surface area contributed by atoms with Gasteiger partial charge in [0.25, 0.3) is 0 Å². The predicted molar refractivity (Wildman–Crippen MR) is 176 cm³/mol. The van der Waals surface area contributed by atoms with E-state index in [-0.39, 0.29) is 37.6 Å². The Bertz CT molecular complexity index is 1320. The normalized spacial score (nSPS) is 15.7. The second-order valence-electron chi connectivity index (χ2n) is 11.8. The molecule has 0 spiro atoms. The number of benzene rings is 2. The highest BCUT2D eigenvalue weighted by Crippen LogP contribution is 2.39. The van der Waals surface area contributed by atoms with Crippen molar-refractivity contribution < 1.29 is 48.3 Å². The minimum Gasteiger partial charge on any atom is -0.490 e. The fourth-order valence-electron chi connectivity index (χ4n) is 5.62. The Kier molecular flexibility index (Phi) is 15.0. The molecule has 0 amide bonds. The lowest BCUT2D eigenvalue weighted by atomic mass is 9.77. The van der Waals surface area contributed by atoms with E-state index < -0.39 is 36.7 Å². The number of esters is 2. The van der Waals surface area contributed by atoms with Gasteiger partial charge in [-0.15, -0.1) is 0 Å². The van der Waals surface area contributed by atoms with Crippen LogP contribution in [0.2, 0.25) is 0 Å². The van der Waals surface area contributed by atoms with Crippen molar-refractivity contribution in [2.45, 2.75) is 77.0 Å². The second kappa shape index (κ2) is 19.2. The van der Waals surface area contributed by atoms with Gasteiger partial charge in [-0.3, -0.25) is 9.59 Å². The summed E-state index contributed by atoms with van der Waals surface area (Å²) in [5.41, 5.74) is 2.78. The number of ether oxygens (including phenoxy) is 4. The maximum Gasteiger partial charge on any atom is 0.334 e. The van der Waals surface area contributed by atoms with Crippen LogP contribution in [0.3, 0.4) is 0 Å². The smallest absolute Gasteiger partial charge is 0.334 e. The van der Waals surface area contributed by atoms with Crippen LogP contribution in [0.25, 0.3) is 11.1 Å². The third-order valence-electron chi connectivity index (χ3n) is 8.14. The van der Waals surface area contributed by atoms with Gasteiger partial charge in [0.15, 0.2) is 0 Å². The number of carboxylic acids is 2. The molecule has 2 N–H and O–H groups in total. The van der Waals surface area contributed by atoms with Crippen LogP contribution in [-0.4, -0.2) is 60.5 Å². The van der Waals surface area contributed by atoms with E-state index in [0.29, 0.717) is 17.4 Å². The number of carboxylic acid groups (broad SMARTS) is 2. The fourth-order valence-corrected chi connectivity index (χ4v) is 5.62. The van der Waals surface area contributed by atoms with Crippen molar-refractivity contribution >= 4 is 23.9 Å². The predicted octanol–water partition coefficient (Wildman–Crippen LogP) is 7.11.